The number of carbonyl (C=O) groups excluding carboxylic acids is 1. The van der Waals surface area contributed by atoms with Gasteiger partial charge in [-0.3, -0.25) is 9.78 Å². The average molecular weight is 312 g/mol. The van der Waals surface area contributed by atoms with E-state index in [0.717, 1.165) is 30.4 Å². The summed E-state index contributed by atoms with van der Waals surface area (Å²) in [6.07, 6.45) is 6.64. The zero-order valence-electron chi connectivity index (χ0n) is 13.8. The molecule has 1 N–H and O–H groups in total. The topological polar surface area (TPSA) is 51.2 Å². The molecule has 0 fully saturated rings. The number of aromatic nitrogens is 1. The van der Waals surface area contributed by atoms with Crippen LogP contribution in [0, 0.1) is 0 Å². The van der Waals surface area contributed by atoms with Gasteiger partial charge in [0.05, 0.1) is 12.6 Å². The van der Waals surface area contributed by atoms with Crippen LogP contribution in [0.5, 0.6) is 0 Å². The van der Waals surface area contributed by atoms with Crippen LogP contribution >= 0.6 is 0 Å². The van der Waals surface area contributed by atoms with Crippen molar-refractivity contribution < 1.29 is 9.53 Å². The molecule has 1 atom stereocenters. The Labute approximate surface area is 137 Å². The fraction of sp³-hybridized carbons (Fsp3) is 0.368. The van der Waals surface area contributed by atoms with Crippen molar-refractivity contribution in [2.45, 2.75) is 38.8 Å². The number of hydrogen-bond acceptors (Lipinski definition) is 3. The van der Waals surface area contributed by atoms with Crippen molar-refractivity contribution in [3.05, 3.63) is 65.5 Å². The van der Waals surface area contributed by atoms with Crippen LogP contribution in [0.25, 0.3) is 0 Å². The molecule has 122 valence electrons. The minimum Gasteiger partial charge on any atom is -0.380 e. The summed E-state index contributed by atoms with van der Waals surface area (Å²) in [6.45, 7) is 2.70. The van der Waals surface area contributed by atoms with Gasteiger partial charge in [-0.1, -0.05) is 38.0 Å². The smallest absolute Gasteiger partial charge is 0.251 e. The van der Waals surface area contributed by atoms with Crippen LogP contribution in [0.4, 0.5) is 0 Å². The maximum atomic E-state index is 12.5. The molecule has 0 saturated heterocycles. The van der Waals surface area contributed by atoms with Gasteiger partial charge in [0.1, 0.15) is 0 Å². The summed E-state index contributed by atoms with van der Waals surface area (Å²) in [5.41, 5.74) is 2.76. The maximum Gasteiger partial charge on any atom is 0.251 e. The lowest BCUT2D eigenvalue weighted by Gasteiger charge is -2.19. The lowest BCUT2D eigenvalue weighted by Crippen LogP contribution is -2.28. The second-order valence-electron chi connectivity index (χ2n) is 5.58. The number of carbonyl (C=O) groups is 1. The monoisotopic (exact) mass is 312 g/mol. The van der Waals surface area contributed by atoms with Crippen LogP contribution in [-0.2, 0) is 11.3 Å². The van der Waals surface area contributed by atoms with Crippen molar-refractivity contribution >= 4 is 5.91 Å². The predicted octanol–water partition coefficient (Wildman–Crippen LogP) is 3.89. The molecule has 1 aromatic heterocycles. The van der Waals surface area contributed by atoms with Gasteiger partial charge < -0.3 is 10.1 Å². The molecule has 0 spiro atoms. The molecule has 0 saturated carbocycles. The van der Waals surface area contributed by atoms with E-state index in [9.17, 15) is 4.79 Å². The fourth-order valence-corrected chi connectivity index (χ4v) is 2.47. The zero-order valence-corrected chi connectivity index (χ0v) is 13.8. The zero-order chi connectivity index (χ0) is 16.5. The molecule has 1 aromatic carbocycles. The van der Waals surface area contributed by atoms with E-state index in [4.69, 9.17) is 4.74 Å². The van der Waals surface area contributed by atoms with Gasteiger partial charge in [-0.25, -0.2) is 0 Å². The van der Waals surface area contributed by atoms with E-state index in [0.29, 0.717) is 12.2 Å². The summed E-state index contributed by atoms with van der Waals surface area (Å²) in [6, 6.07) is 11.4. The molecule has 1 heterocycles. The third-order valence-electron chi connectivity index (χ3n) is 3.77. The fourth-order valence-electron chi connectivity index (χ4n) is 2.47. The minimum absolute atomic E-state index is 0.00481. The molecule has 0 aliphatic heterocycles. The van der Waals surface area contributed by atoms with Crippen LogP contribution in [0.2, 0.25) is 0 Å². The normalized spacial score (nSPS) is 11.9. The Balaban J connectivity index is 2.07. The van der Waals surface area contributed by atoms with Crippen LogP contribution in [-0.4, -0.2) is 18.0 Å². The second-order valence-corrected chi connectivity index (χ2v) is 5.58. The maximum absolute atomic E-state index is 12.5. The highest BCUT2D eigenvalue weighted by atomic mass is 16.5. The van der Waals surface area contributed by atoms with Gasteiger partial charge in [0.25, 0.3) is 5.91 Å². The molecular weight excluding hydrogens is 288 g/mol. The van der Waals surface area contributed by atoms with Crippen molar-refractivity contribution in [3.8, 4) is 0 Å². The number of methoxy groups -OCH3 is 1. The summed E-state index contributed by atoms with van der Waals surface area (Å²) in [7, 11) is 1.66. The van der Waals surface area contributed by atoms with Gasteiger partial charge in [-0.2, -0.15) is 0 Å². The van der Waals surface area contributed by atoms with Crippen LogP contribution < -0.4 is 5.32 Å². The first kappa shape index (κ1) is 17.2. The van der Waals surface area contributed by atoms with E-state index in [1.165, 1.54) is 0 Å². The average Bonchev–Trinajstić information content (AvgIpc) is 2.60. The third-order valence-corrected chi connectivity index (χ3v) is 3.77. The van der Waals surface area contributed by atoms with Gasteiger partial charge in [0.15, 0.2) is 0 Å². The van der Waals surface area contributed by atoms with Crippen molar-refractivity contribution in [1.82, 2.24) is 10.3 Å². The first-order valence-electron chi connectivity index (χ1n) is 8.03. The number of ether oxygens (including phenoxy) is 1. The van der Waals surface area contributed by atoms with Crippen molar-refractivity contribution in [2.24, 2.45) is 0 Å². The van der Waals surface area contributed by atoms with Gasteiger partial charge in [-0.05, 0) is 35.7 Å². The molecule has 1 amide bonds. The highest BCUT2D eigenvalue weighted by molar-refractivity contribution is 5.94. The Morgan fingerprint density at radius 3 is 2.65 bits per heavy atom. The molecule has 1 unspecified atom stereocenters. The molecule has 0 bridgehead atoms. The molecule has 4 nitrogen and oxygen atoms in total. The molecule has 4 heteroatoms. The molecule has 2 aromatic rings. The Bertz CT molecular complexity index is 597. The lowest BCUT2D eigenvalue weighted by molar-refractivity contribution is 0.0934. The Morgan fingerprint density at radius 1 is 1.26 bits per heavy atom. The number of hydrogen-bond donors (Lipinski definition) is 1. The van der Waals surface area contributed by atoms with Crippen molar-refractivity contribution in [3.63, 3.8) is 0 Å². The number of nitrogens with zero attached hydrogens (tertiary/aromatic N) is 1. The number of unbranched alkanes of at least 4 members (excludes halogenated alkanes) is 1. The summed E-state index contributed by atoms with van der Waals surface area (Å²) in [4.78, 5) is 16.7. The van der Waals surface area contributed by atoms with Gasteiger partial charge in [-0.15, -0.1) is 0 Å². The summed E-state index contributed by atoms with van der Waals surface area (Å²) in [5, 5.41) is 3.13. The molecule has 2 rings (SSSR count). The lowest BCUT2D eigenvalue weighted by atomic mass is 10.0. The molecule has 0 aliphatic rings. The number of rotatable bonds is 8. The molecule has 0 aliphatic carbocycles. The first-order valence-corrected chi connectivity index (χ1v) is 8.03. The largest absolute Gasteiger partial charge is 0.380 e. The molecular formula is C19H24N2O2. The molecule has 0 radical (unpaired) electrons. The van der Waals surface area contributed by atoms with E-state index in [1.54, 1.807) is 13.3 Å². The first-order chi connectivity index (χ1) is 11.2. The molecule has 23 heavy (non-hydrogen) atoms. The standard InChI is InChI=1S/C19H24N2O2/c1-3-4-7-18(17-6-5-12-20-13-17)21-19(22)16-10-8-15(9-11-16)14-23-2/h5-6,8-13,18H,3-4,7,14H2,1-2H3,(H,21,22). The number of nitrogens with one attached hydrogen (secondary N) is 1. The predicted molar refractivity (Wildman–Crippen MR) is 91.1 cm³/mol. The second kappa shape index (κ2) is 9.06. The van der Waals surface area contributed by atoms with Gasteiger partial charge in [0, 0.05) is 25.1 Å². The number of benzene rings is 1. The van der Waals surface area contributed by atoms with E-state index in [2.05, 4.69) is 17.2 Å². The van der Waals surface area contributed by atoms with E-state index < -0.39 is 0 Å². The van der Waals surface area contributed by atoms with Gasteiger partial charge >= 0.3 is 0 Å². The summed E-state index contributed by atoms with van der Waals surface area (Å²) in [5.74, 6) is -0.0566. The number of pyridine rings is 1. The van der Waals surface area contributed by atoms with Crippen LogP contribution in [0.15, 0.2) is 48.8 Å². The van der Waals surface area contributed by atoms with E-state index >= 15 is 0 Å². The Morgan fingerprint density at radius 2 is 2.04 bits per heavy atom. The highest BCUT2D eigenvalue weighted by Crippen LogP contribution is 2.19. The minimum atomic E-state index is -0.0566. The SMILES string of the molecule is CCCCC(NC(=O)c1ccc(COC)cc1)c1cccnc1. The quantitative estimate of drug-likeness (QED) is 0.804. The van der Waals surface area contributed by atoms with Crippen molar-refractivity contribution in [1.29, 1.82) is 0 Å². The highest BCUT2D eigenvalue weighted by Gasteiger charge is 2.15. The summed E-state index contributed by atoms with van der Waals surface area (Å²) < 4.78 is 5.09. The van der Waals surface area contributed by atoms with Crippen molar-refractivity contribution in [2.75, 3.05) is 7.11 Å². The third kappa shape index (κ3) is 5.18. The Hall–Kier alpha value is -2.20. The summed E-state index contributed by atoms with van der Waals surface area (Å²) >= 11 is 0. The van der Waals surface area contributed by atoms with E-state index in [1.807, 2.05) is 42.6 Å². The van der Waals surface area contributed by atoms with Crippen LogP contribution in [0.1, 0.15) is 53.7 Å². The van der Waals surface area contributed by atoms with E-state index in [-0.39, 0.29) is 11.9 Å². The Kier molecular flexibility index (Phi) is 6.76. The van der Waals surface area contributed by atoms with Crippen LogP contribution in [0.3, 0.4) is 0 Å². The van der Waals surface area contributed by atoms with Gasteiger partial charge in [0.2, 0.25) is 0 Å². The number of amides is 1.